The molecule has 31 heavy (non-hydrogen) atoms. The number of benzene rings is 2. The molecule has 0 saturated carbocycles. The third-order valence-corrected chi connectivity index (χ3v) is 4.59. The zero-order valence-corrected chi connectivity index (χ0v) is 18.4. The Morgan fingerprint density at radius 2 is 1.77 bits per heavy atom. The van der Waals surface area contributed by atoms with Crippen LogP contribution in [-0.2, 0) is 13.1 Å². The first kappa shape index (κ1) is 22.2. The quantitative estimate of drug-likeness (QED) is 0.387. The molecule has 3 aromatic rings. The second-order valence-electron chi connectivity index (χ2n) is 7.19. The highest BCUT2D eigenvalue weighted by Crippen LogP contribution is 2.26. The van der Waals surface area contributed by atoms with E-state index < -0.39 is 0 Å². The Kier molecular flexibility index (Phi) is 8.34. The number of hydrogen-bond donors (Lipinski definition) is 2. The third kappa shape index (κ3) is 7.06. The summed E-state index contributed by atoms with van der Waals surface area (Å²) in [5.74, 6) is 2.20. The normalized spacial score (nSPS) is 12.3. The van der Waals surface area contributed by atoms with Crippen LogP contribution < -0.4 is 20.1 Å². The summed E-state index contributed by atoms with van der Waals surface area (Å²) in [4.78, 5) is 4.68. The van der Waals surface area contributed by atoms with Crippen LogP contribution in [0.1, 0.15) is 25.0 Å². The molecule has 0 aliphatic heterocycles. The maximum atomic E-state index is 6.00. The van der Waals surface area contributed by atoms with Gasteiger partial charge in [0.05, 0.1) is 32.9 Å². The zero-order chi connectivity index (χ0) is 21.9. The summed E-state index contributed by atoms with van der Waals surface area (Å²) >= 11 is 0. The molecule has 0 radical (unpaired) electrons. The van der Waals surface area contributed by atoms with Crippen LogP contribution in [0.25, 0.3) is 0 Å². The molecule has 0 aliphatic rings. The van der Waals surface area contributed by atoms with Crippen LogP contribution in [0, 0.1) is 0 Å². The number of nitrogens with one attached hydrogen (secondary N) is 2. The fourth-order valence-corrected chi connectivity index (χ4v) is 3.07. The summed E-state index contributed by atoms with van der Waals surface area (Å²) in [6.45, 7) is 6.74. The van der Waals surface area contributed by atoms with Crippen molar-refractivity contribution in [1.82, 2.24) is 20.4 Å². The Morgan fingerprint density at radius 1 is 1.03 bits per heavy atom. The Balaban J connectivity index is 1.53. The zero-order valence-electron chi connectivity index (χ0n) is 18.4. The molecule has 0 fully saturated rings. The van der Waals surface area contributed by atoms with Gasteiger partial charge in [-0.25, -0.2) is 4.99 Å². The van der Waals surface area contributed by atoms with Crippen LogP contribution in [0.3, 0.4) is 0 Å². The van der Waals surface area contributed by atoms with E-state index in [0.29, 0.717) is 13.1 Å². The van der Waals surface area contributed by atoms with Gasteiger partial charge in [-0.2, -0.15) is 5.10 Å². The number of aliphatic imine (C=N–C) groups is 1. The van der Waals surface area contributed by atoms with Crippen LogP contribution in [0.5, 0.6) is 11.5 Å². The molecule has 7 heteroatoms. The molecule has 2 aromatic carbocycles. The lowest BCUT2D eigenvalue weighted by Gasteiger charge is -2.19. The lowest BCUT2D eigenvalue weighted by atomic mass is 10.2. The minimum Gasteiger partial charge on any atom is -0.493 e. The summed E-state index contributed by atoms with van der Waals surface area (Å²) in [7, 11) is 1.64. The lowest BCUT2D eigenvalue weighted by molar-refractivity contribution is 0.213. The van der Waals surface area contributed by atoms with E-state index in [0.717, 1.165) is 36.1 Å². The predicted molar refractivity (Wildman–Crippen MR) is 124 cm³/mol. The van der Waals surface area contributed by atoms with Gasteiger partial charge in [0.1, 0.15) is 6.10 Å². The first-order chi connectivity index (χ1) is 15.2. The highest BCUT2D eigenvalue weighted by molar-refractivity contribution is 5.79. The van der Waals surface area contributed by atoms with Crippen molar-refractivity contribution in [3.63, 3.8) is 0 Å². The first-order valence-electron chi connectivity index (χ1n) is 10.5. The average Bonchev–Trinajstić information content (AvgIpc) is 3.24. The lowest BCUT2D eigenvalue weighted by Crippen LogP contribution is -2.41. The van der Waals surface area contributed by atoms with Gasteiger partial charge in [0.15, 0.2) is 17.5 Å². The van der Waals surface area contributed by atoms with Crippen molar-refractivity contribution in [1.29, 1.82) is 0 Å². The largest absolute Gasteiger partial charge is 0.493 e. The monoisotopic (exact) mass is 421 g/mol. The van der Waals surface area contributed by atoms with Gasteiger partial charge >= 0.3 is 0 Å². The number of aromatic nitrogens is 2. The number of rotatable bonds is 10. The van der Waals surface area contributed by atoms with E-state index in [9.17, 15) is 0 Å². The fourth-order valence-electron chi connectivity index (χ4n) is 3.07. The second-order valence-corrected chi connectivity index (χ2v) is 7.19. The molecule has 0 amide bonds. The van der Waals surface area contributed by atoms with Gasteiger partial charge < -0.3 is 20.1 Å². The number of hydrogen-bond acceptors (Lipinski definition) is 4. The highest BCUT2D eigenvalue weighted by atomic mass is 16.5. The highest BCUT2D eigenvalue weighted by Gasteiger charge is 2.09. The van der Waals surface area contributed by atoms with Gasteiger partial charge in [-0.1, -0.05) is 42.5 Å². The predicted octanol–water partition coefficient (Wildman–Crippen LogP) is 3.46. The molecule has 0 saturated heterocycles. The van der Waals surface area contributed by atoms with Crippen LogP contribution in [0.4, 0.5) is 0 Å². The maximum absolute atomic E-state index is 6.00. The fraction of sp³-hybridized carbons (Fsp3) is 0.333. The van der Waals surface area contributed by atoms with E-state index in [1.807, 2.05) is 73.4 Å². The average molecular weight is 422 g/mol. The van der Waals surface area contributed by atoms with Crippen LogP contribution >= 0.6 is 0 Å². The second kappa shape index (κ2) is 11.6. The number of methoxy groups -OCH3 is 1. The van der Waals surface area contributed by atoms with E-state index >= 15 is 0 Å². The van der Waals surface area contributed by atoms with Gasteiger partial charge in [0.2, 0.25) is 0 Å². The van der Waals surface area contributed by atoms with Crippen LogP contribution in [0.15, 0.2) is 72.0 Å². The number of para-hydroxylation sites is 2. The van der Waals surface area contributed by atoms with Crippen molar-refractivity contribution < 1.29 is 9.47 Å². The number of ether oxygens (including phenoxy) is 2. The minimum absolute atomic E-state index is 0.0613. The summed E-state index contributed by atoms with van der Waals surface area (Å²) in [5, 5.41) is 11.1. The molecular weight excluding hydrogens is 390 g/mol. The Labute approximate surface area is 184 Å². The molecule has 164 valence electrons. The Hall–Kier alpha value is -3.48. The molecule has 1 aromatic heterocycles. The molecule has 2 N–H and O–H groups in total. The maximum Gasteiger partial charge on any atom is 0.191 e. The van der Waals surface area contributed by atoms with E-state index in [1.165, 1.54) is 5.56 Å². The molecule has 0 bridgehead atoms. The Morgan fingerprint density at radius 3 is 2.52 bits per heavy atom. The SMILES string of the molecule is CCNC(=NCc1cnn(Cc2ccccc2)c1)NCC(C)Oc1ccccc1OC. The van der Waals surface area contributed by atoms with Crippen molar-refractivity contribution >= 4 is 5.96 Å². The molecular formula is C24H31N5O2. The van der Waals surface area contributed by atoms with Crippen molar-refractivity contribution in [2.24, 2.45) is 4.99 Å². The van der Waals surface area contributed by atoms with Crippen molar-refractivity contribution in [3.8, 4) is 11.5 Å². The van der Waals surface area contributed by atoms with Crippen LogP contribution in [0.2, 0.25) is 0 Å². The van der Waals surface area contributed by atoms with E-state index in [4.69, 9.17) is 9.47 Å². The molecule has 0 spiro atoms. The van der Waals surface area contributed by atoms with Gasteiger partial charge in [-0.05, 0) is 31.5 Å². The summed E-state index contributed by atoms with van der Waals surface area (Å²) in [5.41, 5.74) is 2.28. The third-order valence-electron chi connectivity index (χ3n) is 4.59. The molecule has 1 heterocycles. The molecule has 1 atom stereocenters. The van der Waals surface area contributed by atoms with Gasteiger partial charge in [0.25, 0.3) is 0 Å². The van der Waals surface area contributed by atoms with E-state index in [1.54, 1.807) is 7.11 Å². The molecule has 0 aliphatic carbocycles. The van der Waals surface area contributed by atoms with Gasteiger partial charge in [-0.15, -0.1) is 0 Å². The molecule has 3 rings (SSSR count). The summed E-state index contributed by atoms with van der Waals surface area (Å²) in [6.07, 6.45) is 3.84. The first-order valence-corrected chi connectivity index (χ1v) is 10.5. The van der Waals surface area contributed by atoms with E-state index in [2.05, 4.69) is 32.9 Å². The van der Waals surface area contributed by atoms with Gasteiger partial charge in [0, 0.05) is 18.3 Å². The van der Waals surface area contributed by atoms with E-state index in [-0.39, 0.29) is 6.10 Å². The minimum atomic E-state index is -0.0613. The van der Waals surface area contributed by atoms with Crippen molar-refractivity contribution in [2.45, 2.75) is 33.0 Å². The topological polar surface area (TPSA) is 72.7 Å². The van der Waals surface area contributed by atoms with Crippen molar-refractivity contribution in [2.75, 3.05) is 20.2 Å². The molecule has 1 unspecified atom stereocenters. The van der Waals surface area contributed by atoms with Crippen LogP contribution in [-0.4, -0.2) is 42.0 Å². The Bertz CT molecular complexity index is 955. The summed E-state index contributed by atoms with van der Waals surface area (Å²) < 4.78 is 13.3. The molecule has 7 nitrogen and oxygen atoms in total. The number of guanidine groups is 1. The van der Waals surface area contributed by atoms with Gasteiger partial charge in [-0.3, -0.25) is 4.68 Å². The van der Waals surface area contributed by atoms with Crippen molar-refractivity contribution in [3.05, 3.63) is 78.1 Å². The summed E-state index contributed by atoms with van der Waals surface area (Å²) in [6, 6.07) is 17.9. The standard InChI is InChI=1S/C24H31N5O2/c1-4-25-24(26-14-19(2)31-23-13-9-8-12-22(23)30-3)27-15-21-16-28-29(18-21)17-20-10-6-5-7-11-20/h5-13,16,18-19H,4,14-15,17H2,1-3H3,(H2,25,26,27). The smallest absolute Gasteiger partial charge is 0.191 e. The number of nitrogens with zero attached hydrogens (tertiary/aromatic N) is 3.